The molecular formula is C13H16N4O2S. The van der Waals surface area contributed by atoms with Crippen LogP contribution < -0.4 is 5.56 Å². The fourth-order valence-electron chi connectivity index (χ4n) is 2.35. The van der Waals surface area contributed by atoms with E-state index in [4.69, 9.17) is 0 Å². The van der Waals surface area contributed by atoms with E-state index in [0.29, 0.717) is 18.1 Å². The molecule has 1 fully saturated rings. The number of amides is 1. The maximum absolute atomic E-state index is 12.5. The molecule has 0 aliphatic carbocycles. The predicted molar refractivity (Wildman–Crippen MR) is 77.5 cm³/mol. The van der Waals surface area contributed by atoms with Crippen molar-refractivity contribution >= 4 is 22.2 Å². The maximum Gasteiger partial charge on any atom is 0.271 e. The smallest absolute Gasteiger partial charge is 0.271 e. The van der Waals surface area contributed by atoms with Crippen LogP contribution in [0.15, 0.2) is 16.4 Å². The summed E-state index contributed by atoms with van der Waals surface area (Å²) in [6, 6.07) is 0. The number of likely N-dealkylation sites (N-methyl/N-ethyl adjacent to an activating group) is 1. The van der Waals surface area contributed by atoms with Crippen molar-refractivity contribution < 1.29 is 4.79 Å². The molecule has 0 aromatic carbocycles. The highest BCUT2D eigenvalue weighted by molar-refractivity contribution is 7.15. The van der Waals surface area contributed by atoms with Crippen LogP contribution in [-0.2, 0) is 0 Å². The van der Waals surface area contributed by atoms with E-state index in [-0.39, 0.29) is 17.0 Å². The van der Waals surface area contributed by atoms with E-state index in [1.807, 2.05) is 19.4 Å². The van der Waals surface area contributed by atoms with Gasteiger partial charge in [0.25, 0.3) is 11.5 Å². The molecule has 0 unspecified atom stereocenters. The Bertz CT molecular complexity index is 713. The summed E-state index contributed by atoms with van der Waals surface area (Å²) in [6.07, 6.45) is 1.41. The highest BCUT2D eigenvalue weighted by Gasteiger charge is 2.23. The van der Waals surface area contributed by atoms with Gasteiger partial charge in [-0.2, -0.15) is 0 Å². The molecule has 2 aromatic heterocycles. The maximum atomic E-state index is 12.5. The number of hydrogen-bond donors (Lipinski definition) is 0. The first-order valence-electron chi connectivity index (χ1n) is 6.51. The molecule has 0 saturated carbocycles. The third-order valence-corrected chi connectivity index (χ3v) is 4.60. The van der Waals surface area contributed by atoms with Crippen LogP contribution in [0.2, 0.25) is 0 Å². The van der Waals surface area contributed by atoms with Crippen LogP contribution in [0.4, 0.5) is 0 Å². The minimum atomic E-state index is -0.266. The van der Waals surface area contributed by atoms with Crippen molar-refractivity contribution in [3.63, 3.8) is 0 Å². The van der Waals surface area contributed by atoms with Crippen LogP contribution >= 0.6 is 11.3 Å². The van der Waals surface area contributed by atoms with Crippen molar-refractivity contribution in [2.45, 2.75) is 6.92 Å². The molecule has 3 rings (SSSR count). The van der Waals surface area contributed by atoms with Crippen LogP contribution in [0.1, 0.15) is 16.1 Å². The molecule has 7 heteroatoms. The summed E-state index contributed by atoms with van der Waals surface area (Å²) in [4.78, 5) is 33.6. The first kappa shape index (κ1) is 13.3. The lowest BCUT2D eigenvalue weighted by atomic mass is 10.2. The first-order chi connectivity index (χ1) is 9.58. The van der Waals surface area contributed by atoms with E-state index in [0.717, 1.165) is 18.8 Å². The molecule has 1 aliphatic rings. The molecule has 0 spiro atoms. The molecule has 106 valence electrons. The van der Waals surface area contributed by atoms with Gasteiger partial charge in [0.15, 0.2) is 4.96 Å². The average molecular weight is 292 g/mol. The second-order valence-electron chi connectivity index (χ2n) is 5.07. The Morgan fingerprint density at radius 2 is 2.00 bits per heavy atom. The van der Waals surface area contributed by atoms with Crippen molar-refractivity contribution in [1.82, 2.24) is 19.2 Å². The Labute approximate surface area is 120 Å². The molecule has 0 N–H and O–H groups in total. The number of fused-ring (bicyclic) bond motifs is 1. The molecule has 1 aliphatic heterocycles. The van der Waals surface area contributed by atoms with E-state index in [1.54, 1.807) is 4.90 Å². The number of rotatable bonds is 1. The number of carbonyl (C=O) groups excluding carboxylic acids is 1. The minimum absolute atomic E-state index is 0.161. The zero-order chi connectivity index (χ0) is 14.3. The Kier molecular flexibility index (Phi) is 3.31. The molecule has 1 amide bonds. The summed E-state index contributed by atoms with van der Waals surface area (Å²) in [6.45, 7) is 4.82. The summed E-state index contributed by atoms with van der Waals surface area (Å²) >= 11 is 1.40. The van der Waals surface area contributed by atoms with E-state index < -0.39 is 0 Å². The summed E-state index contributed by atoms with van der Waals surface area (Å²) < 4.78 is 1.51. The summed E-state index contributed by atoms with van der Waals surface area (Å²) in [5.74, 6) is -0.212. The van der Waals surface area contributed by atoms with Gasteiger partial charge in [-0.3, -0.25) is 14.0 Å². The molecular weight excluding hydrogens is 276 g/mol. The van der Waals surface area contributed by atoms with Crippen LogP contribution in [0.3, 0.4) is 0 Å². The predicted octanol–water partition coefficient (Wildman–Crippen LogP) is 0.452. The number of piperazine rings is 1. The highest BCUT2D eigenvalue weighted by atomic mass is 32.1. The van der Waals surface area contributed by atoms with Gasteiger partial charge in [0, 0.05) is 43.4 Å². The van der Waals surface area contributed by atoms with Gasteiger partial charge < -0.3 is 9.80 Å². The van der Waals surface area contributed by atoms with Crippen molar-refractivity contribution in [3.05, 3.63) is 33.2 Å². The number of carbonyl (C=O) groups is 1. The highest BCUT2D eigenvalue weighted by Crippen LogP contribution is 2.12. The fourth-order valence-corrected chi connectivity index (χ4v) is 3.18. The lowest BCUT2D eigenvalue weighted by molar-refractivity contribution is 0.0661. The van der Waals surface area contributed by atoms with Crippen molar-refractivity contribution in [2.75, 3.05) is 33.2 Å². The first-order valence-corrected chi connectivity index (χ1v) is 7.39. The van der Waals surface area contributed by atoms with Crippen molar-refractivity contribution in [1.29, 1.82) is 0 Å². The lowest BCUT2D eigenvalue weighted by Gasteiger charge is -2.32. The molecule has 2 aromatic rings. The van der Waals surface area contributed by atoms with Crippen LogP contribution in [-0.4, -0.2) is 58.3 Å². The van der Waals surface area contributed by atoms with E-state index in [2.05, 4.69) is 9.88 Å². The normalized spacial score (nSPS) is 16.8. The molecule has 6 nitrogen and oxygen atoms in total. The zero-order valence-corrected chi connectivity index (χ0v) is 12.3. The van der Waals surface area contributed by atoms with Crippen molar-refractivity contribution in [2.24, 2.45) is 0 Å². The zero-order valence-electron chi connectivity index (χ0n) is 11.5. The fraction of sp³-hybridized carbons (Fsp3) is 0.462. The average Bonchev–Trinajstić information content (AvgIpc) is 2.82. The van der Waals surface area contributed by atoms with Crippen LogP contribution in [0, 0.1) is 6.92 Å². The number of nitrogens with zero attached hydrogens (tertiary/aromatic N) is 4. The van der Waals surface area contributed by atoms with Gasteiger partial charge in [0.05, 0.1) is 0 Å². The monoisotopic (exact) mass is 292 g/mol. The standard InChI is InChI=1S/C13H16N4O2S/c1-9-8-20-13-14-7-10(12(19)17(9)13)11(18)16-5-3-15(2)4-6-16/h7-8H,3-6H2,1-2H3. The third-order valence-electron chi connectivity index (χ3n) is 3.64. The Balaban J connectivity index is 1.98. The Morgan fingerprint density at radius 1 is 1.30 bits per heavy atom. The van der Waals surface area contributed by atoms with Gasteiger partial charge in [-0.05, 0) is 14.0 Å². The minimum Gasteiger partial charge on any atom is -0.336 e. The summed E-state index contributed by atoms with van der Waals surface area (Å²) in [7, 11) is 2.03. The van der Waals surface area contributed by atoms with Crippen LogP contribution in [0.5, 0.6) is 0 Å². The van der Waals surface area contributed by atoms with Gasteiger partial charge >= 0.3 is 0 Å². The quantitative estimate of drug-likeness (QED) is 0.766. The Hall–Kier alpha value is -1.73. The van der Waals surface area contributed by atoms with Crippen LogP contribution in [0.25, 0.3) is 4.96 Å². The molecule has 0 radical (unpaired) electrons. The number of aryl methyl sites for hydroxylation is 1. The summed E-state index contributed by atoms with van der Waals surface area (Å²) in [5, 5.41) is 1.87. The largest absolute Gasteiger partial charge is 0.336 e. The van der Waals surface area contributed by atoms with Gasteiger partial charge in [-0.15, -0.1) is 11.3 Å². The molecule has 0 atom stereocenters. The number of hydrogen-bond acceptors (Lipinski definition) is 5. The molecule has 20 heavy (non-hydrogen) atoms. The van der Waals surface area contributed by atoms with Gasteiger partial charge in [-0.25, -0.2) is 4.98 Å². The van der Waals surface area contributed by atoms with Crippen molar-refractivity contribution in [3.8, 4) is 0 Å². The van der Waals surface area contributed by atoms with Gasteiger partial charge in [0.1, 0.15) is 5.56 Å². The number of thiazole rings is 1. The second-order valence-corrected chi connectivity index (χ2v) is 5.90. The van der Waals surface area contributed by atoms with E-state index in [1.165, 1.54) is 21.9 Å². The second kappa shape index (κ2) is 4.99. The SMILES string of the molecule is Cc1csc2ncc(C(=O)N3CCN(C)CC3)c(=O)n12. The molecule has 0 bridgehead atoms. The van der Waals surface area contributed by atoms with E-state index in [9.17, 15) is 9.59 Å². The topological polar surface area (TPSA) is 57.9 Å². The Morgan fingerprint density at radius 3 is 2.70 bits per heavy atom. The molecule has 1 saturated heterocycles. The van der Waals surface area contributed by atoms with E-state index >= 15 is 0 Å². The summed E-state index contributed by atoms with van der Waals surface area (Å²) in [5.41, 5.74) is 0.710. The lowest BCUT2D eigenvalue weighted by Crippen LogP contribution is -2.48. The molecule has 3 heterocycles. The third kappa shape index (κ3) is 2.12. The van der Waals surface area contributed by atoms with Gasteiger partial charge in [-0.1, -0.05) is 0 Å². The van der Waals surface area contributed by atoms with Gasteiger partial charge in [0.2, 0.25) is 0 Å². The number of aromatic nitrogens is 2.